The van der Waals surface area contributed by atoms with Gasteiger partial charge in [-0.1, -0.05) is 54.6 Å². The summed E-state index contributed by atoms with van der Waals surface area (Å²) in [5.41, 5.74) is 1.66. The number of ether oxygens (including phenoxy) is 1. The predicted molar refractivity (Wildman–Crippen MR) is 120 cm³/mol. The van der Waals surface area contributed by atoms with Crippen LogP contribution < -0.4 is 4.74 Å². The fraction of sp³-hybridized carbons (Fsp3) is 0.259. The molecular weight excluding hydrogens is 435 g/mol. The van der Waals surface area contributed by atoms with E-state index in [2.05, 4.69) is 6.58 Å². The zero-order chi connectivity index (χ0) is 24.0. The Balaban J connectivity index is 1.64. The van der Waals surface area contributed by atoms with Crippen molar-refractivity contribution in [1.29, 1.82) is 0 Å². The second kappa shape index (κ2) is 10.6. The molecule has 3 aromatic carbocycles. The maximum atomic E-state index is 14.6. The van der Waals surface area contributed by atoms with Gasteiger partial charge < -0.3 is 4.74 Å². The number of allylic oxidation sites excluding steroid dienone is 1. The van der Waals surface area contributed by atoms with Gasteiger partial charge in [0.25, 0.3) is 6.43 Å². The Labute approximate surface area is 190 Å². The number of rotatable bonds is 10. The second-order valence-corrected chi connectivity index (χ2v) is 7.87. The van der Waals surface area contributed by atoms with Crippen LogP contribution in [0.1, 0.15) is 41.5 Å². The van der Waals surface area contributed by atoms with Crippen molar-refractivity contribution >= 4 is 0 Å². The number of benzene rings is 3. The molecule has 0 radical (unpaired) electrons. The second-order valence-electron chi connectivity index (χ2n) is 7.87. The summed E-state index contributed by atoms with van der Waals surface area (Å²) in [6, 6.07) is 15.6. The highest BCUT2D eigenvalue weighted by Gasteiger charge is 2.31. The molecular formula is C27H25F5O. The first kappa shape index (κ1) is 24.5. The molecule has 0 saturated carbocycles. The van der Waals surface area contributed by atoms with Crippen molar-refractivity contribution in [3.8, 4) is 16.9 Å². The van der Waals surface area contributed by atoms with Crippen LogP contribution in [0.25, 0.3) is 11.1 Å². The van der Waals surface area contributed by atoms with E-state index >= 15 is 0 Å². The summed E-state index contributed by atoms with van der Waals surface area (Å²) >= 11 is 0. The monoisotopic (exact) mass is 460 g/mol. The highest BCUT2D eigenvalue weighted by molar-refractivity contribution is 5.66. The maximum Gasteiger partial charge on any atom is 0.398 e. The molecule has 0 aliphatic carbocycles. The molecule has 0 atom stereocenters. The Bertz CT molecular complexity index is 1070. The highest BCUT2D eigenvalue weighted by atomic mass is 19.3. The van der Waals surface area contributed by atoms with Crippen molar-refractivity contribution in [2.75, 3.05) is 0 Å². The van der Waals surface area contributed by atoms with Gasteiger partial charge in [-0.05, 0) is 60.6 Å². The van der Waals surface area contributed by atoms with E-state index < -0.39 is 30.3 Å². The largest absolute Gasteiger partial charge is 0.433 e. The number of aryl methyl sites for hydroxylation is 3. The molecule has 33 heavy (non-hydrogen) atoms. The minimum absolute atomic E-state index is 0.0225. The minimum Gasteiger partial charge on any atom is -0.433 e. The van der Waals surface area contributed by atoms with Gasteiger partial charge in [0.15, 0.2) is 0 Å². The molecule has 0 amide bonds. The van der Waals surface area contributed by atoms with Gasteiger partial charge in [0.2, 0.25) is 0 Å². The average Bonchev–Trinajstić information content (AvgIpc) is 2.77. The van der Waals surface area contributed by atoms with Crippen molar-refractivity contribution in [3.05, 3.63) is 101 Å². The van der Waals surface area contributed by atoms with Gasteiger partial charge in [-0.15, -0.1) is 6.58 Å². The van der Waals surface area contributed by atoms with E-state index in [9.17, 15) is 22.0 Å². The molecule has 0 aromatic heterocycles. The molecule has 0 spiro atoms. The number of hydrogen-bond acceptors (Lipinski definition) is 1. The standard InChI is InChI=1S/C27H25F5O/c1-3-4-5-19-7-9-20(10-8-19)16-17-27(31,32)33-22-13-11-21(12-14-22)23-15-6-18(2)24(25(23)28)26(29)30/h3,6-15,26H,1,4-5,16-17H2,2H3. The molecule has 0 aliphatic rings. The molecule has 0 heterocycles. The molecule has 6 heteroatoms. The first-order chi connectivity index (χ1) is 15.7. The predicted octanol–water partition coefficient (Wildman–Crippen LogP) is 8.46. The zero-order valence-corrected chi connectivity index (χ0v) is 18.3. The smallest absolute Gasteiger partial charge is 0.398 e. The van der Waals surface area contributed by atoms with Gasteiger partial charge in [-0.2, -0.15) is 8.78 Å². The van der Waals surface area contributed by atoms with Crippen LogP contribution in [0.15, 0.2) is 73.3 Å². The van der Waals surface area contributed by atoms with Crippen molar-refractivity contribution in [3.63, 3.8) is 0 Å². The Kier molecular flexibility index (Phi) is 7.90. The Morgan fingerprint density at radius 3 is 2.09 bits per heavy atom. The topological polar surface area (TPSA) is 9.23 Å². The summed E-state index contributed by atoms with van der Waals surface area (Å²) in [5.74, 6) is -1.11. The van der Waals surface area contributed by atoms with E-state index in [0.717, 1.165) is 24.0 Å². The fourth-order valence-corrected chi connectivity index (χ4v) is 3.54. The van der Waals surface area contributed by atoms with Crippen molar-refractivity contribution in [2.24, 2.45) is 0 Å². The van der Waals surface area contributed by atoms with Crippen LogP contribution in [-0.4, -0.2) is 6.11 Å². The number of alkyl halides is 4. The normalized spacial score (nSPS) is 11.6. The van der Waals surface area contributed by atoms with Crippen molar-refractivity contribution in [1.82, 2.24) is 0 Å². The van der Waals surface area contributed by atoms with Gasteiger partial charge in [0.1, 0.15) is 11.6 Å². The first-order valence-corrected chi connectivity index (χ1v) is 10.6. The summed E-state index contributed by atoms with van der Waals surface area (Å²) in [6.45, 7) is 5.09. The molecule has 3 rings (SSSR count). The fourth-order valence-electron chi connectivity index (χ4n) is 3.54. The Morgan fingerprint density at radius 1 is 0.909 bits per heavy atom. The number of hydrogen-bond donors (Lipinski definition) is 0. The highest BCUT2D eigenvalue weighted by Crippen LogP contribution is 2.34. The van der Waals surface area contributed by atoms with Crippen LogP contribution in [0.3, 0.4) is 0 Å². The molecule has 0 bridgehead atoms. The molecule has 0 saturated heterocycles. The van der Waals surface area contributed by atoms with Gasteiger partial charge in [0, 0.05) is 5.56 Å². The van der Waals surface area contributed by atoms with E-state index in [1.54, 1.807) is 0 Å². The zero-order valence-electron chi connectivity index (χ0n) is 18.3. The summed E-state index contributed by atoms with van der Waals surface area (Å²) in [6.07, 6.45) is -3.18. The molecule has 0 aliphatic heterocycles. The van der Waals surface area contributed by atoms with Crippen LogP contribution in [0, 0.1) is 12.7 Å². The molecule has 0 fully saturated rings. The average molecular weight is 460 g/mol. The number of halogens is 5. The van der Waals surface area contributed by atoms with Crippen molar-refractivity contribution < 1.29 is 26.7 Å². The van der Waals surface area contributed by atoms with Gasteiger partial charge >= 0.3 is 6.11 Å². The van der Waals surface area contributed by atoms with Gasteiger partial charge in [-0.25, -0.2) is 13.2 Å². The molecule has 174 valence electrons. The lowest BCUT2D eigenvalue weighted by Crippen LogP contribution is -2.25. The van der Waals surface area contributed by atoms with Gasteiger partial charge in [-0.3, -0.25) is 0 Å². The van der Waals surface area contributed by atoms with Crippen LogP contribution in [0.4, 0.5) is 22.0 Å². The van der Waals surface area contributed by atoms with Crippen LogP contribution in [0.5, 0.6) is 5.75 Å². The van der Waals surface area contributed by atoms with Crippen molar-refractivity contribution in [2.45, 2.75) is 45.1 Å². The van der Waals surface area contributed by atoms with E-state index in [1.807, 2.05) is 30.3 Å². The van der Waals surface area contributed by atoms with E-state index in [4.69, 9.17) is 4.74 Å². The first-order valence-electron chi connectivity index (χ1n) is 10.6. The summed E-state index contributed by atoms with van der Waals surface area (Å²) < 4.78 is 74.4. The SMILES string of the molecule is C=CCCc1ccc(CCC(F)(F)Oc2ccc(-c3ccc(C)c(C(F)F)c3F)cc2)cc1. The molecule has 3 aromatic rings. The van der Waals surface area contributed by atoms with Gasteiger partial charge in [0.05, 0.1) is 12.0 Å². The third kappa shape index (κ3) is 6.44. The van der Waals surface area contributed by atoms with E-state index in [1.165, 1.54) is 43.3 Å². The van der Waals surface area contributed by atoms with Crippen LogP contribution >= 0.6 is 0 Å². The quantitative estimate of drug-likeness (QED) is 0.218. The third-order valence-corrected chi connectivity index (χ3v) is 5.41. The molecule has 1 nitrogen and oxygen atoms in total. The summed E-state index contributed by atoms with van der Waals surface area (Å²) in [5, 5.41) is 0. The summed E-state index contributed by atoms with van der Waals surface area (Å²) in [7, 11) is 0. The lowest BCUT2D eigenvalue weighted by molar-refractivity contribution is -0.180. The maximum absolute atomic E-state index is 14.6. The molecule has 0 N–H and O–H groups in total. The third-order valence-electron chi connectivity index (χ3n) is 5.41. The summed E-state index contributed by atoms with van der Waals surface area (Å²) in [4.78, 5) is 0. The Morgan fingerprint density at radius 2 is 1.52 bits per heavy atom. The van der Waals surface area contributed by atoms with Crippen LogP contribution in [-0.2, 0) is 12.8 Å². The molecule has 0 unspecified atom stereocenters. The van der Waals surface area contributed by atoms with E-state index in [0.29, 0.717) is 5.56 Å². The lowest BCUT2D eigenvalue weighted by Gasteiger charge is -2.18. The van der Waals surface area contributed by atoms with Crippen LogP contribution in [0.2, 0.25) is 0 Å². The lowest BCUT2D eigenvalue weighted by atomic mass is 9.99. The van der Waals surface area contributed by atoms with E-state index in [-0.39, 0.29) is 23.3 Å². The minimum atomic E-state index is -3.40. The Hall–Kier alpha value is -3.15.